The molecule has 0 saturated heterocycles. The zero-order chi connectivity index (χ0) is 12.3. The normalized spacial score (nSPS) is 10.5. The molecule has 0 radical (unpaired) electrons. The summed E-state index contributed by atoms with van der Waals surface area (Å²) in [5, 5.41) is 4.34. The smallest absolute Gasteiger partial charge is 0.168 e. The SMILES string of the molecule is CCn1nc(C)cc1CC(=O)c1ccccc1. The highest BCUT2D eigenvalue weighted by atomic mass is 16.1. The molecule has 0 bridgehead atoms. The lowest BCUT2D eigenvalue weighted by atomic mass is 10.1. The number of hydrogen-bond donors (Lipinski definition) is 0. The van der Waals surface area contributed by atoms with Crippen LogP contribution in [0.4, 0.5) is 0 Å². The second kappa shape index (κ2) is 4.95. The Hall–Kier alpha value is -1.90. The van der Waals surface area contributed by atoms with Crippen LogP contribution in [-0.2, 0) is 13.0 Å². The van der Waals surface area contributed by atoms with Crippen molar-refractivity contribution in [3.63, 3.8) is 0 Å². The first-order valence-corrected chi connectivity index (χ1v) is 5.82. The van der Waals surface area contributed by atoms with E-state index >= 15 is 0 Å². The van der Waals surface area contributed by atoms with E-state index in [9.17, 15) is 4.79 Å². The number of benzene rings is 1. The average Bonchev–Trinajstić information content (AvgIpc) is 2.70. The number of ketones is 1. The third-order valence-corrected chi connectivity index (χ3v) is 2.72. The molecule has 2 aromatic rings. The van der Waals surface area contributed by atoms with Crippen LogP contribution in [0.25, 0.3) is 0 Å². The number of carbonyl (C=O) groups is 1. The number of aryl methyl sites for hydroxylation is 2. The van der Waals surface area contributed by atoms with Crippen LogP contribution < -0.4 is 0 Å². The van der Waals surface area contributed by atoms with Gasteiger partial charge in [-0.2, -0.15) is 5.10 Å². The minimum Gasteiger partial charge on any atom is -0.294 e. The highest BCUT2D eigenvalue weighted by molar-refractivity contribution is 5.97. The molecule has 0 unspecified atom stereocenters. The zero-order valence-corrected chi connectivity index (χ0v) is 10.2. The predicted molar refractivity (Wildman–Crippen MR) is 67.1 cm³/mol. The number of Topliss-reactive ketones (excluding diaryl/α,β-unsaturated/α-hetero) is 1. The van der Waals surface area contributed by atoms with Gasteiger partial charge in [-0.1, -0.05) is 30.3 Å². The van der Waals surface area contributed by atoms with Crippen LogP contribution in [0.15, 0.2) is 36.4 Å². The largest absolute Gasteiger partial charge is 0.294 e. The third-order valence-electron chi connectivity index (χ3n) is 2.72. The van der Waals surface area contributed by atoms with Gasteiger partial charge in [0.25, 0.3) is 0 Å². The lowest BCUT2D eigenvalue weighted by Gasteiger charge is -2.03. The van der Waals surface area contributed by atoms with Gasteiger partial charge in [-0.25, -0.2) is 0 Å². The summed E-state index contributed by atoms with van der Waals surface area (Å²) in [7, 11) is 0. The van der Waals surface area contributed by atoms with Gasteiger partial charge in [0.1, 0.15) is 0 Å². The fourth-order valence-electron chi connectivity index (χ4n) is 1.91. The molecule has 0 aliphatic carbocycles. The van der Waals surface area contributed by atoms with Gasteiger partial charge < -0.3 is 0 Å². The topological polar surface area (TPSA) is 34.9 Å². The lowest BCUT2D eigenvalue weighted by molar-refractivity contribution is 0.0990. The minimum atomic E-state index is 0.139. The van der Waals surface area contributed by atoms with Gasteiger partial charge >= 0.3 is 0 Å². The lowest BCUT2D eigenvalue weighted by Crippen LogP contribution is -2.09. The molecule has 2 rings (SSSR count). The van der Waals surface area contributed by atoms with Crippen molar-refractivity contribution in [2.45, 2.75) is 26.8 Å². The zero-order valence-electron chi connectivity index (χ0n) is 10.2. The average molecular weight is 228 g/mol. The van der Waals surface area contributed by atoms with Gasteiger partial charge in [0.05, 0.1) is 12.1 Å². The molecule has 0 amide bonds. The first-order chi connectivity index (χ1) is 8.20. The highest BCUT2D eigenvalue weighted by Crippen LogP contribution is 2.09. The van der Waals surface area contributed by atoms with Crippen molar-refractivity contribution in [2.24, 2.45) is 0 Å². The van der Waals surface area contributed by atoms with E-state index in [2.05, 4.69) is 5.10 Å². The van der Waals surface area contributed by atoms with Gasteiger partial charge in [0.15, 0.2) is 5.78 Å². The van der Waals surface area contributed by atoms with E-state index < -0.39 is 0 Å². The van der Waals surface area contributed by atoms with Crippen LogP contribution in [0.3, 0.4) is 0 Å². The molecule has 0 aliphatic rings. The Morgan fingerprint density at radius 1 is 1.29 bits per heavy atom. The van der Waals surface area contributed by atoms with Crippen LogP contribution in [0.2, 0.25) is 0 Å². The maximum atomic E-state index is 12.1. The van der Waals surface area contributed by atoms with Gasteiger partial charge in [0.2, 0.25) is 0 Å². The van der Waals surface area contributed by atoms with Crippen LogP contribution >= 0.6 is 0 Å². The van der Waals surface area contributed by atoms with Gasteiger partial charge in [-0.05, 0) is 19.9 Å². The summed E-state index contributed by atoms with van der Waals surface area (Å²) < 4.78 is 1.89. The fourth-order valence-corrected chi connectivity index (χ4v) is 1.91. The molecule has 0 atom stereocenters. The van der Waals surface area contributed by atoms with Gasteiger partial charge in [-0.3, -0.25) is 9.48 Å². The number of rotatable bonds is 4. The summed E-state index contributed by atoms with van der Waals surface area (Å²) in [6.07, 6.45) is 0.415. The van der Waals surface area contributed by atoms with E-state index in [1.54, 1.807) is 0 Å². The number of aromatic nitrogens is 2. The molecule has 88 valence electrons. The predicted octanol–water partition coefficient (Wildman–Crippen LogP) is 2.64. The van der Waals surface area contributed by atoms with Crippen molar-refractivity contribution in [1.82, 2.24) is 9.78 Å². The molecular weight excluding hydrogens is 212 g/mol. The summed E-state index contributed by atoms with van der Waals surface area (Å²) in [5.74, 6) is 0.139. The Morgan fingerprint density at radius 3 is 2.65 bits per heavy atom. The van der Waals surface area contributed by atoms with Crippen molar-refractivity contribution in [2.75, 3.05) is 0 Å². The van der Waals surface area contributed by atoms with Crippen molar-refractivity contribution >= 4 is 5.78 Å². The molecule has 17 heavy (non-hydrogen) atoms. The minimum absolute atomic E-state index is 0.139. The van der Waals surface area contributed by atoms with Gasteiger partial charge in [-0.15, -0.1) is 0 Å². The van der Waals surface area contributed by atoms with Crippen LogP contribution in [0, 0.1) is 6.92 Å². The van der Waals surface area contributed by atoms with Crippen molar-refractivity contribution in [3.8, 4) is 0 Å². The molecule has 0 saturated carbocycles. The van der Waals surface area contributed by atoms with Crippen molar-refractivity contribution < 1.29 is 4.79 Å². The molecule has 1 aromatic carbocycles. The summed E-state index contributed by atoms with van der Waals surface area (Å²) in [6.45, 7) is 4.77. The van der Waals surface area contributed by atoms with Crippen molar-refractivity contribution in [3.05, 3.63) is 53.3 Å². The van der Waals surface area contributed by atoms with Gasteiger partial charge in [0, 0.05) is 17.8 Å². The molecule has 1 heterocycles. The number of carbonyl (C=O) groups excluding carboxylic acids is 1. The summed E-state index contributed by atoms with van der Waals surface area (Å²) in [5.41, 5.74) is 2.70. The molecule has 1 aromatic heterocycles. The Balaban J connectivity index is 2.18. The summed E-state index contributed by atoms with van der Waals surface area (Å²) in [4.78, 5) is 12.1. The summed E-state index contributed by atoms with van der Waals surface area (Å²) in [6, 6.07) is 11.4. The molecule has 0 aliphatic heterocycles. The molecular formula is C14H16N2O. The standard InChI is InChI=1S/C14H16N2O/c1-3-16-13(9-11(2)15-16)10-14(17)12-7-5-4-6-8-12/h4-9H,3,10H2,1-2H3. The third kappa shape index (κ3) is 2.61. The number of nitrogens with zero attached hydrogens (tertiary/aromatic N) is 2. The van der Waals surface area contributed by atoms with E-state index in [0.29, 0.717) is 6.42 Å². The monoisotopic (exact) mass is 228 g/mol. The Kier molecular flexibility index (Phi) is 3.38. The summed E-state index contributed by atoms with van der Waals surface area (Å²) >= 11 is 0. The van der Waals surface area contributed by atoms with E-state index in [1.165, 1.54) is 0 Å². The van der Waals surface area contributed by atoms with E-state index in [4.69, 9.17) is 0 Å². The fraction of sp³-hybridized carbons (Fsp3) is 0.286. The Morgan fingerprint density at radius 2 is 2.00 bits per heavy atom. The van der Waals surface area contributed by atoms with Crippen LogP contribution in [0.5, 0.6) is 0 Å². The molecule has 3 heteroatoms. The van der Waals surface area contributed by atoms with Crippen molar-refractivity contribution in [1.29, 1.82) is 0 Å². The van der Waals surface area contributed by atoms with Crippen LogP contribution in [0.1, 0.15) is 28.7 Å². The first-order valence-electron chi connectivity index (χ1n) is 5.82. The highest BCUT2D eigenvalue weighted by Gasteiger charge is 2.10. The molecule has 0 N–H and O–H groups in total. The quantitative estimate of drug-likeness (QED) is 0.754. The molecule has 0 spiro atoms. The first kappa shape index (κ1) is 11.6. The molecule has 0 fully saturated rings. The maximum absolute atomic E-state index is 12.1. The van der Waals surface area contributed by atoms with Crippen LogP contribution in [-0.4, -0.2) is 15.6 Å². The maximum Gasteiger partial charge on any atom is 0.168 e. The molecule has 3 nitrogen and oxygen atoms in total. The van der Waals surface area contributed by atoms with E-state index in [0.717, 1.165) is 23.5 Å². The second-order valence-corrected chi connectivity index (χ2v) is 4.06. The number of hydrogen-bond acceptors (Lipinski definition) is 2. The van der Waals surface area contributed by atoms with E-state index in [-0.39, 0.29) is 5.78 Å². The Bertz CT molecular complexity index is 514. The Labute approximate surface area is 101 Å². The van der Waals surface area contributed by atoms with E-state index in [1.807, 2.05) is 54.9 Å². The second-order valence-electron chi connectivity index (χ2n) is 4.06.